The highest BCUT2D eigenvalue weighted by Crippen LogP contribution is 2.38. The smallest absolute Gasteiger partial charge is 0.163 e. The van der Waals surface area contributed by atoms with Gasteiger partial charge in [0.2, 0.25) is 0 Å². The van der Waals surface area contributed by atoms with Crippen molar-refractivity contribution >= 4 is 11.4 Å². The Morgan fingerprint density at radius 1 is 0.944 bits per heavy atom. The summed E-state index contributed by atoms with van der Waals surface area (Å²) in [6, 6.07) is 18.4. The second-order valence-electron chi connectivity index (χ2n) is 8.95. The molecule has 0 aliphatic heterocycles. The summed E-state index contributed by atoms with van der Waals surface area (Å²) >= 11 is 0. The van der Waals surface area contributed by atoms with Crippen LogP contribution < -0.4 is 19.1 Å². The molecule has 1 fully saturated rings. The summed E-state index contributed by atoms with van der Waals surface area (Å²) in [5.74, 6) is 2.38. The average Bonchev–Trinajstić information content (AvgIpc) is 3.63. The number of hydrogen-bond acceptors (Lipinski definition) is 6. The molecule has 0 bridgehead atoms. The summed E-state index contributed by atoms with van der Waals surface area (Å²) in [4.78, 5) is 10.6. The van der Waals surface area contributed by atoms with Crippen LogP contribution in [0.3, 0.4) is 0 Å². The largest absolute Gasteiger partial charge is 0.493 e. The van der Waals surface area contributed by atoms with E-state index in [-0.39, 0.29) is 6.10 Å². The zero-order valence-corrected chi connectivity index (χ0v) is 20.6. The number of methoxy groups -OCH3 is 1. The minimum Gasteiger partial charge on any atom is -0.493 e. The predicted molar refractivity (Wildman–Crippen MR) is 140 cm³/mol. The molecule has 0 radical (unpaired) electrons. The summed E-state index contributed by atoms with van der Waals surface area (Å²) < 4.78 is 19.9. The Morgan fingerprint density at radius 3 is 2.50 bits per heavy atom. The van der Waals surface area contributed by atoms with Crippen LogP contribution in [0, 0.1) is 0 Å². The lowest BCUT2D eigenvalue weighted by Gasteiger charge is -2.27. The summed E-state index contributed by atoms with van der Waals surface area (Å²) in [6.45, 7) is 2.00. The molecule has 0 amide bonds. The zero-order chi connectivity index (χ0) is 24.6. The molecule has 2 aromatic heterocycles. The van der Waals surface area contributed by atoms with Crippen molar-refractivity contribution < 1.29 is 14.2 Å². The van der Waals surface area contributed by atoms with E-state index >= 15 is 0 Å². The number of aromatic nitrogens is 3. The molecular formula is C29H32N4O3. The fourth-order valence-electron chi connectivity index (χ4n) is 4.53. The topological polar surface area (TPSA) is 61.6 Å². The molecule has 5 rings (SSSR count). The molecule has 4 aromatic rings. The van der Waals surface area contributed by atoms with Gasteiger partial charge in [0.05, 0.1) is 26.1 Å². The van der Waals surface area contributed by atoms with Gasteiger partial charge < -0.3 is 23.7 Å². The van der Waals surface area contributed by atoms with Crippen LogP contribution in [-0.2, 0) is 13.1 Å². The van der Waals surface area contributed by atoms with E-state index in [9.17, 15) is 0 Å². The third-order valence-electron chi connectivity index (χ3n) is 6.44. The average molecular weight is 485 g/mol. The minimum atomic E-state index is 0.250. The molecule has 2 heterocycles. The van der Waals surface area contributed by atoms with Gasteiger partial charge in [0.15, 0.2) is 11.5 Å². The second-order valence-corrected chi connectivity index (χ2v) is 8.95. The first-order chi connectivity index (χ1) is 17.8. The van der Waals surface area contributed by atoms with Gasteiger partial charge in [-0.15, -0.1) is 0 Å². The van der Waals surface area contributed by atoms with Crippen LogP contribution in [0.2, 0.25) is 0 Å². The van der Waals surface area contributed by atoms with Gasteiger partial charge in [0.1, 0.15) is 12.4 Å². The van der Waals surface area contributed by atoms with Crippen LogP contribution >= 0.6 is 0 Å². The quantitative estimate of drug-likeness (QED) is 0.259. The monoisotopic (exact) mass is 484 g/mol. The standard InChI is InChI=1S/C29H32N4O3/c1-34-28-13-10-25(19-29(28)36-27-6-2-3-7-27)33(21-23-5-4-14-30-20-23)24-8-11-26(12-9-24)35-18-17-32-16-15-31-22-32/h4-5,8-16,19-20,22,27H,2-3,6-7,17-18,21H2,1H3. The maximum Gasteiger partial charge on any atom is 0.163 e. The van der Waals surface area contributed by atoms with E-state index in [1.807, 2.05) is 41.2 Å². The maximum absolute atomic E-state index is 6.38. The Morgan fingerprint density at radius 2 is 1.78 bits per heavy atom. The molecule has 2 aromatic carbocycles. The van der Waals surface area contributed by atoms with Gasteiger partial charge in [-0.25, -0.2) is 4.98 Å². The predicted octanol–water partition coefficient (Wildman–Crippen LogP) is 6.03. The molecule has 7 nitrogen and oxygen atoms in total. The van der Waals surface area contributed by atoms with Crippen molar-refractivity contribution in [3.05, 3.63) is 91.3 Å². The molecule has 1 aliphatic rings. The second kappa shape index (κ2) is 11.6. The molecule has 7 heteroatoms. The highest BCUT2D eigenvalue weighted by Gasteiger charge is 2.20. The molecule has 1 saturated carbocycles. The van der Waals surface area contributed by atoms with E-state index in [0.717, 1.165) is 53.6 Å². The van der Waals surface area contributed by atoms with Crippen molar-refractivity contribution in [1.29, 1.82) is 0 Å². The van der Waals surface area contributed by atoms with Crippen molar-refractivity contribution in [1.82, 2.24) is 14.5 Å². The highest BCUT2D eigenvalue weighted by molar-refractivity contribution is 5.67. The Balaban J connectivity index is 1.38. The fraction of sp³-hybridized carbons (Fsp3) is 0.310. The first-order valence-corrected chi connectivity index (χ1v) is 12.5. The normalized spacial score (nSPS) is 13.5. The Bertz CT molecular complexity index is 1210. The SMILES string of the molecule is COc1ccc(N(Cc2cccnc2)c2ccc(OCCn3ccnc3)cc2)cc1OC1CCCC1. The summed E-state index contributed by atoms with van der Waals surface area (Å²) in [7, 11) is 1.69. The molecular weight excluding hydrogens is 452 g/mol. The number of imidazole rings is 1. The van der Waals surface area contributed by atoms with Crippen LogP contribution in [0.25, 0.3) is 0 Å². The number of pyridine rings is 1. The zero-order valence-electron chi connectivity index (χ0n) is 20.6. The van der Waals surface area contributed by atoms with Gasteiger partial charge in [-0.05, 0) is 73.7 Å². The van der Waals surface area contributed by atoms with Crippen LogP contribution in [0.5, 0.6) is 17.2 Å². The summed E-state index contributed by atoms with van der Waals surface area (Å²) in [6.07, 6.45) is 14.1. The van der Waals surface area contributed by atoms with Crippen molar-refractivity contribution in [3.8, 4) is 17.2 Å². The van der Waals surface area contributed by atoms with E-state index in [1.165, 1.54) is 12.8 Å². The van der Waals surface area contributed by atoms with Gasteiger partial charge in [0, 0.05) is 48.8 Å². The van der Waals surface area contributed by atoms with Crippen molar-refractivity contribution in [2.24, 2.45) is 0 Å². The van der Waals surface area contributed by atoms with Gasteiger partial charge in [0.25, 0.3) is 0 Å². The van der Waals surface area contributed by atoms with Crippen molar-refractivity contribution in [2.75, 3.05) is 18.6 Å². The van der Waals surface area contributed by atoms with Crippen molar-refractivity contribution in [2.45, 2.75) is 44.9 Å². The number of benzene rings is 2. The summed E-state index contributed by atoms with van der Waals surface area (Å²) in [5, 5.41) is 0. The van der Waals surface area contributed by atoms with Crippen LogP contribution in [0.15, 0.2) is 85.7 Å². The van der Waals surface area contributed by atoms with E-state index in [0.29, 0.717) is 13.2 Å². The van der Waals surface area contributed by atoms with Crippen LogP contribution in [0.4, 0.5) is 11.4 Å². The third kappa shape index (κ3) is 5.97. The van der Waals surface area contributed by atoms with Gasteiger partial charge in [-0.1, -0.05) is 6.07 Å². The van der Waals surface area contributed by atoms with E-state index in [2.05, 4.69) is 45.2 Å². The first-order valence-electron chi connectivity index (χ1n) is 12.5. The Hall–Kier alpha value is -4.00. The van der Waals surface area contributed by atoms with E-state index in [1.54, 1.807) is 25.8 Å². The Labute approximate surface area is 212 Å². The number of nitrogens with zero attached hydrogens (tertiary/aromatic N) is 4. The van der Waals surface area contributed by atoms with Gasteiger partial charge in [-0.3, -0.25) is 4.98 Å². The number of ether oxygens (including phenoxy) is 3. The molecule has 1 aliphatic carbocycles. The third-order valence-corrected chi connectivity index (χ3v) is 6.44. The van der Waals surface area contributed by atoms with Gasteiger partial charge >= 0.3 is 0 Å². The van der Waals surface area contributed by atoms with E-state index in [4.69, 9.17) is 14.2 Å². The maximum atomic E-state index is 6.38. The molecule has 0 N–H and O–H groups in total. The summed E-state index contributed by atoms with van der Waals surface area (Å²) in [5.41, 5.74) is 3.20. The number of hydrogen-bond donors (Lipinski definition) is 0. The lowest BCUT2D eigenvalue weighted by atomic mass is 10.1. The molecule has 0 spiro atoms. The molecule has 0 atom stereocenters. The number of anilines is 2. The fourth-order valence-corrected chi connectivity index (χ4v) is 4.53. The van der Waals surface area contributed by atoms with E-state index < -0.39 is 0 Å². The highest BCUT2D eigenvalue weighted by atomic mass is 16.5. The lowest BCUT2D eigenvalue weighted by Crippen LogP contribution is -2.17. The molecule has 186 valence electrons. The van der Waals surface area contributed by atoms with Crippen LogP contribution in [-0.4, -0.2) is 34.4 Å². The minimum absolute atomic E-state index is 0.250. The molecule has 0 saturated heterocycles. The molecule has 36 heavy (non-hydrogen) atoms. The molecule has 0 unspecified atom stereocenters. The lowest BCUT2D eigenvalue weighted by molar-refractivity contribution is 0.201. The van der Waals surface area contributed by atoms with Crippen molar-refractivity contribution in [3.63, 3.8) is 0 Å². The number of rotatable bonds is 11. The van der Waals surface area contributed by atoms with Crippen LogP contribution in [0.1, 0.15) is 31.2 Å². The Kier molecular flexibility index (Phi) is 7.66. The first kappa shape index (κ1) is 23.7. The van der Waals surface area contributed by atoms with Gasteiger partial charge in [-0.2, -0.15) is 0 Å².